The molecule has 9 heteroatoms. The Balaban J connectivity index is 1.46. The summed E-state index contributed by atoms with van der Waals surface area (Å²) in [5, 5.41) is 3.17. The summed E-state index contributed by atoms with van der Waals surface area (Å²) in [6.07, 6.45) is -3.02. The Morgan fingerprint density at radius 2 is 1.86 bits per heavy atom. The van der Waals surface area contributed by atoms with Gasteiger partial charge in [0.05, 0.1) is 18.7 Å². The highest BCUT2D eigenvalue weighted by Crippen LogP contribution is 2.35. The molecule has 0 unspecified atom stereocenters. The molecule has 0 spiro atoms. The molecule has 1 amide bonds. The minimum Gasteiger partial charge on any atom is -0.497 e. The lowest BCUT2D eigenvalue weighted by molar-refractivity contribution is -0.141. The van der Waals surface area contributed by atoms with Gasteiger partial charge >= 0.3 is 6.18 Å². The maximum Gasteiger partial charge on any atom is 0.416 e. The molecule has 6 nitrogen and oxygen atoms in total. The van der Waals surface area contributed by atoms with E-state index in [1.807, 2.05) is 31.2 Å². The van der Waals surface area contributed by atoms with Gasteiger partial charge in [-0.05, 0) is 62.1 Å². The first kappa shape index (κ1) is 25.3. The molecule has 2 aromatic carbocycles. The van der Waals surface area contributed by atoms with Crippen LogP contribution in [0.25, 0.3) is 0 Å². The lowest BCUT2D eigenvalue weighted by Crippen LogP contribution is -2.61. The van der Waals surface area contributed by atoms with Crippen molar-refractivity contribution in [2.75, 3.05) is 33.4 Å². The number of hydrogen-bond acceptors (Lipinski definition) is 5. The molecule has 2 aliphatic rings. The van der Waals surface area contributed by atoms with Crippen LogP contribution in [0, 0.1) is 0 Å². The first-order valence-electron chi connectivity index (χ1n) is 11.8. The highest BCUT2D eigenvalue weighted by Gasteiger charge is 2.48. The molecular weight excluding hydrogens is 461 g/mol. The fourth-order valence-electron chi connectivity index (χ4n) is 4.87. The van der Waals surface area contributed by atoms with Gasteiger partial charge in [-0.3, -0.25) is 9.69 Å². The molecule has 4 rings (SSSR count). The number of amides is 1. The molecule has 0 aliphatic carbocycles. The molecule has 190 valence electrons. The summed E-state index contributed by atoms with van der Waals surface area (Å²) in [7, 11) is 1.60. The number of ether oxygens (including phenoxy) is 3. The first-order chi connectivity index (χ1) is 16.7. The Kier molecular flexibility index (Phi) is 7.56. The van der Waals surface area contributed by atoms with Crippen molar-refractivity contribution in [3.63, 3.8) is 0 Å². The zero-order valence-electron chi connectivity index (χ0n) is 19.9. The Morgan fingerprint density at radius 1 is 1.14 bits per heavy atom. The van der Waals surface area contributed by atoms with E-state index >= 15 is 0 Å². The average Bonchev–Trinajstić information content (AvgIpc) is 3.33. The lowest BCUT2D eigenvalue weighted by atomic mass is 9.86. The summed E-state index contributed by atoms with van der Waals surface area (Å²) < 4.78 is 56.0. The second-order valence-electron chi connectivity index (χ2n) is 9.12. The van der Waals surface area contributed by atoms with Gasteiger partial charge in [-0.15, -0.1) is 0 Å². The van der Waals surface area contributed by atoms with Crippen molar-refractivity contribution in [3.8, 4) is 11.5 Å². The summed E-state index contributed by atoms with van der Waals surface area (Å²) in [5.74, 6) is 0.832. The fraction of sp³-hybridized carbons (Fsp3) is 0.500. The highest BCUT2D eigenvalue weighted by molar-refractivity contribution is 5.87. The van der Waals surface area contributed by atoms with Gasteiger partial charge in [-0.25, -0.2) is 0 Å². The number of likely N-dealkylation sites (tertiary alicyclic amines) is 1. The number of nitrogens with one attached hydrogen (secondary N) is 1. The Morgan fingerprint density at radius 3 is 2.57 bits per heavy atom. The first-order valence-corrected chi connectivity index (χ1v) is 11.8. The van der Waals surface area contributed by atoms with E-state index in [0.717, 1.165) is 23.4 Å². The number of carbonyl (C=O) groups excluding carboxylic acids is 1. The van der Waals surface area contributed by atoms with E-state index < -0.39 is 17.3 Å². The normalized spacial score (nSPS) is 21.3. The molecule has 0 radical (unpaired) electrons. The molecule has 2 aromatic rings. The van der Waals surface area contributed by atoms with Crippen LogP contribution in [0.1, 0.15) is 43.4 Å². The second-order valence-corrected chi connectivity index (χ2v) is 9.12. The highest BCUT2D eigenvalue weighted by atomic mass is 19.4. The number of methoxy groups -OCH3 is 1. The maximum atomic E-state index is 13.7. The molecule has 2 heterocycles. The van der Waals surface area contributed by atoms with E-state index in [4.69, 9.17) is 14.2 Å². The molecular formula is C26H31F3N2O4. The van der Waals surface area contributed by atoms with Crippen molar-refractivity contribution in [2.45, 2.75) is 50.0 Å². The predicted octanol–water partition coefficient (Wildman–Crippen LogP) is 4.59. The minimum atomic E-state index is -4.43. The van der Waals surface area contributed by atoms with Crippen LogP contribution in [0.5, 0.6) is 11.5 Å². The van der Waals surface area contributed by atoms with Crippen LogP contribution in [0.2, 0.25) is 0 Å². The fourth-order valence-corrected chi connectivity index (χ4v) is 4.87. The van der Waals surface area contributed by atoms with Crippen LogP contribution in [-0.4, -0.2) is 55.9 Å². The monoisotopic (exact) mass is 492 g/mol. The number of alkyl halides is 3. The van der Waals surface area contributed by atoms with E-state index in [0.29, 0.717) is 45.6 Å². The van der Waals surface area contributed by atoms with Crippen LogP contribution in [0.3, 0.4) is 0 Å². The molecule has 2 saturated heterocycles. The van der Waals surface area contributed by atoms with E-state index in [1.165, 1.54) is 12.1 Å². The Bertz CT molecular complexity index is 1020. The van der Waals surface area contributed by atoms with Crippen molar-refractivity contribution in [2.24, 2.45) is 0 Å². The van der Waals surface area contributed by atoms with E-state index in [9.17, 15) is 18.0 Å². The van der Waals surface area contributed by atoms with Crippen LogP contribution in [0.15, 0.2) is 48.5 Å². The van der Waals surface area contributed by atoms with Crippen LogP contribution < -0.4 is 14.8 Å². The molecule has 0 aromatic heterocycles. The zero-order valence-corrected chi connectivity index (χ0v) is 19.9. The summed E-state index contributed by atoms with van der Waals surface area (Å²) in [6, 6.07) is 12.3. The van der Waals surface area contributed by atoms with E-state index in [1.54, 1.807) is 7.11 Å². The number of rotatable bonds is 7. The zero-order chi connectivity index (χ0) is 25.1. The van der Waals surface area contributed by atoms with E-state index in [2.05, 4.69) is 10.2 Å². The molecule has 35 heavy (non-hydrogen) atoms. The minimum absolute atomic E-state index is 0.0733. The topological polar surface area (TPSA) is 60.0 Å². The number of hydrogen-bond donors (Lipinski definition) is 1. The number of nitrogens with zero attached hydrogens (tertiary/aromatic N) is 1. The second kappa shape index (κ2) is 10.5. The molecule has 2 fully saturated rings. The quantitative estimate of drug-likeness (QED) is 0.613. The van der Waals surface area contributed by atoms with Crippen molar-refractivity contribution < 1.29 is 32.2 Å². The van der Waals surface area contributed by atoms with Crippen LogP contribution in [-0.2, 0) is 15.7 Å². The number of halogens is 3. The third kappa shape index (κ3) is 5.73. The van der Waals surface area contributed by atoms with Gasteiger partial charge in [-0.1, -0.05) is 18.2 Å². The van der Waals surface area contributed by atoms with Crippen LogP contribution >= 0.6 is 0 Å². The predicted molar refractivity (Wildman–Crippen MR) is 124 cm³/mol. The molecule has 1 N–H and O–H groups in total. The SMILES string of the molecule is COc1cccc([C@H](C)NC(=O)C2(N3CC[C@@H](Oc4cccc(C(F)(F)F)c4)C3)CCOCC2)c1. The number of carbonyl (C=O) groups is 1. The van der Waals surface area contributed by atoms with Gasteiger partial charge in [0.1, 0.15) is 23.1 Å². The summed E-state index contributed by atoms with van der Waals surface area (Å²) >= 11 is 0. The van der Waals surface area contributed by atoms with Crippen molar-refractivity contribution in [1.82, 2.24) is 10.2 Å². The van der Waals surface area contributed by atoms with Gasteiger partial charge in [-0.2, -0.15) is 13.2 Å². The Labute approximate surface area is 203 Å². The summed E-state index contributed by atoms with van der Waals surface area (Å²) in [5.41, 5.74) is -0.555. The third-order valence-corrected chi connectivity index (χ3v) is 6.90. The van der Waals surface area contributed by atoms with Gasteiger partial charge in [0.2, 0.25) is 5.91 Å². The largest absolute Gasteiger partial charge is 0.497 e. The van der Waals surface area contributed by atoms with Gasteiger partial charge in [0, 0.05) is 26.3 Å². The van der Waals surface area contributed by atoms with Crippen molar-refractivity contribution >= 4 is 5.91 Å². The average molecular weight is 493 g/mol. The molecule has 0 bridgehead atoms. The standard InChI is InChI=1S/C26H31F3N2O4/c1-18(19-5-3-7-21(15-19)33-2)30-24(32)25(10-13-34-14-11-25)31-12-9-23(17-31)35-22-8-4-6-20(16-22)26(27,28)29/h3-8,15-16,18,23H,9-14,17H2,1-2H3,(H,30,32)/t18-,23+/m0/s1. The lowest BCUT2D eigenvalue weighted by Gasteiger charge is -2.43. The van der Waals surface area contributed by atoms with E-state index in [-0.39, 0.29) is 23.8 Å². The third-order valence-electron chi connectivity index (χ3n) is 6.90. The van der Waals surface area contributed by atoms with Crippen molar-refractivity contribution in [3.05, 3.63) is 59.7 Å². The van der Waals surface area contributed by atoms with Gasteiger partial charge < -0.3 is 19.5 Å². The number of benzene rings is 2. The molecule has 0 saturated carbocycles. The maximum absolute atomic E-state index is 13.7. The van der Waals surface area contributed by atoms with Gasteiger partial charge in [0.25, 0.3) is 0 Å². The smallest absolute Gasteiger partial charge is 0.416 e. The summed E-state index contributed by atoms with van der Waals surface area (Å²) in [6.45, 7) is 3.94. The molecule has 2 atom stereocenters. The Hall–Kier alpha value is -2.78. The van der Waals surface area contributed by atoms with Crippen molar-refractivity contribution in [1.29, 1.82) is 0 Å². The summed E-state index contributed by atoms with van der Waals surface area (Å²) in [4.78, 5) is 15.8. The van der Waals surface area contributed by atoms with Gasteiger partial charge in [0.15, 0.2) is 0 Å². The molecule has 2 aliphatic heterocycles. The van der Waals surface area contributed by atoms with Crippen LogP contribution in [0.4, 0.5) is 13.2 Å².